The third kappa shape index (κ3) is 2.40. The Morgan fingerprint density at radius 2 is 2.00 bits per heavy atom. The minimum atomic E-state index is 0.0709. The van der Waals surface area contributed by atoms with E-state index in [1.807, 2.05) is 35.2 Å². The zero-order valence-corrected chi connectivity index (χ0v) is 11.3. The van der Waals surface area contributed by atoms with E-state index < -0.39 is 0 Å². The Hall–Kier alpha value is -2.25. The first-order valence-electron chi connectivity index (χ1n) is 6.81. The van der Waals surface area contributed by atoms with Crippen LogP contribution >= 0.6 is 0 Å². The molecule has 4 heteroatoms. The molecular weight excluding hydrogens is 250 g/mol. The molecular formula is C16H17N3O. The van der Waals surface area contributed by atoms with E-state index in [1.165, 1.54) is 0 Å². The number of carbonyl (C=O) groups excluding carboxylic acids is 1. The largest absolute Gasteiger partial charge is 0.351 e. The molecule has 102 valence electrons. The molecule has 1 aliphatic rings. The quantitative estimate of drug-likeness (QED) is 0.839. The lowest BCUT2D eigenvalue weighted by Gasteiger charge is -2.33. The maximum absolute atomic E-state index is 12.5. The van der Waals surface area contributed by atoms with Gasteiger partial charge in [0.15, 0.2) is 0 Å². The maximum Gasteiger partial charge on any atom is 0.270 e. The van der Waals surface area contributed by atoms with Gasteiger partial charge < -0.3 is 9.88 Å². The second-order valence-electron chi connectivity index (χ2n) is 5.04. The van der Waals surface area contributed by atoms with Gasteiger partial charge in [-0.2, -0.15) is 0 Å². The van der Waals surface area contributed by atoms with Crippen LogP contribution in [0.3, 0.4) is 0 Å². The first kappa shape index (κ1) is 12.8. The summed E-state index contributed by atoms with van der Waals surface area (Å²) in [6.07, 6.45) is 5.31. The number of carbonyl (C=O) groups is 1. The number of nitrogens with zero attached hydrogens (tertiary/aromatic N) is 2. The van der Waals surface area contributed by atoms with Gasteiger partial charge in [0.2, 0.25) is 0 Å². The van der Waals surface area contributed by atoms with E-state index in [-0.39, 0.29) is 5.91 Å². The van der Waals surface area contributed by atoms with E-state index in [1.54, 1.807) is 0 Å². The third-order valence-corrected chi connectivity index (χ3v) is 3.73. The van der Waals surface area contributed by atoms with Gasteiger partial charge in [-0.05, 0) is 12.1 Å². The van der Waals surface area contributed by atoms with E-state index in [0.29, 0.717) is 12.2 Å². The second kappa shape index (κ2) is 5.40. The molecule has 0 unspecified atom stereocenters. The fourth-order valence-corrected chi connectivity index (χ4v) is 2.60. The number of terminal acetylenes is 1. The highest BCUT2D eigenvalue weighted by molar-refractivity contribution is 5.98. The zero-order valence-electron chi connectivity index (χ0n) is 11.3. The van der Waals surface area contributed by atoms with Crippen LogP contribution in [-0.4, -0.2) is 53.4 Å². The summed E-state index contributed by atoms with van der Waals surface area (Å²) in [5.41, 5.74) is 1.67. The smallest absolute Gasteiger partial charge is 0.270 e. The van der Waals surface area contributed by atoms with Crippen LogP contribution < -0.4 is 0 Å². The van der Waals surface area contributed by atoms with Gasteiger partial charge >= 0.3 is 0 Å². The number of rotatable bonds is 2. The molecule has 1 amide bonds. The maximum atomic E-state index is 12.5. The molecule has 4 nitrogen and oxygen atoms in total. The van der Waals surface area contributed by atoms with Crippen LogP contribution in [0.25, 0.3) is 10.9 Å². The normalized spacial score (nSPS) is 16.2. The van der Waals surface area contributed by atoms with Crippen LogP contribution in [-0.2, 0) is 0 Å². The Kier molecular flexibility index (Phi) is 3.44. The number of benzene rings is 1. The summed E-state index contributed by atoms with van der Waals surface area (Å²) >= 11 is 0. The Morgan fingerprint density at radius 3 is 2.70 bits per heavy atom. The zero-order chi connectivity index (χ0) is 13.9. The number of nitrogens with one attached hydrogen (secondary N) is 1. The molecule has 1 N–H and O–H groups in total. The number of fused-ring (bicyclic) bond motifs is 1. The molecule has 1 aromatic carbocycles. The lowest BCUT2D eigenvalue weighted by molar-refractivity contribution is 0.0647. The number of aromatic amines is 1. The molecule has 1 aliphatic heterocycles. The van der Waals surface area contributed by atoms with Crippen LogP contribution in [0, 0.1) is 12.3 Å². The van der Waals surface area contributed by atoms with Gasteiger partial charge in [0.1, 0.15) is 5.69 Å². The minimum Gasteiger partial charge on any atom is -0.351 e. The van der Waals surface area contributed by atoms with Crippen molar-refractivity contribution in [2.45, 2.75) is 0 Å². The highest BCUT2D eigenvalue weighted by atomic mass is 16.2. The average molecular weight is 267 g/mol. The van der Waals surface area contributed by atoms with Crippen LogP contribution in [0.5, 0.6) is 0 Å². The van der Waals surface area contributed by atoms with Crippen molar-refractivity contribution >= 4 is 16.8 Å². The summed E-state index contributed by atoms with van der Waals surface area (Å²) in [6, 6.07) is 9.85. The van der Waals surface area contributed by atoms with E-state index in [2.05, 4.69) is 15.8 Å². The van der Waals surface area contributed by atoms with E-state index in [0.717, 1.165) is 37.1 Å². The predicted octanol–water partition coefficient (Wildman–Crippen LogP) is 1.56. The van der Waals surface area contributed by atoms with Gasteiger partial charge in [-0.25, -0.2) is 0 Å². The van der Waals surface area contributed by atoms with Crippen molar-refractivity contribution in [3.63, 3.8) is 0 Å². The van der Waals surface area contributed by atoms with E-state index in [4.69, 9.17) is 6.42 Å². The summed E-state index contributed by atoms with van der Waals surface area (Å²) in [4.78, 5) is 19.7. The van der Waals surface area contributed by atoms with Crippen molar-refractivity contribution in [3.8, 4) is 12.3 Å². The molecule has 0 radical (unpaired) electrons. The SMILES string of the molecule is C#CCN1CCN(C(=O)c2cc3ccccc3[nH]2)CC1. The van der Waals surface area contributed by atoms with Crippen molar-refractivity contribution in [1.82, 2.24) is 14.8 Å². The summed E-state index contributed by atoms with van der Waals surface area (Å²) in [5, 5.41) is 1.07. The average Bonchev–Trinajstić information content (AvgIpc) is 2.91. The van der Waals surface area contributed by atoms with E-state index >= 15 is 0 Å². The highest BCUT2D eigenvalue weighted by Gasteiger charge is 2.22. The number of hydrogen-bond donors (Lipinski definition) is 1. The summed E-state index contributed by atoms with van der Waals surface area (Å²) in [5.74, 6) is 2.72. The Labute approximate surface area is 118 Å². The van der Waals surface area contributed by atoms with Crippen molar-refractivity contribution in [1.29, 1.82) is 0 Å². The molecule has 0 bridgehead atoms. The number of amides is 1. The molecule has 2 aromatic rings. The van der Waals surface area contributed by atoms with Gasteiger partial charge in [-0.1, -0.05) is 24.1 Å². The number of para-hydroxylation sites is 1. The number of aromatic nitrogens is 1. The van der Waals surface area contributed by atoms with Crippen LogP contribution in [0.4, 0.5) is 0 Å². The van der Waals surface area contributed by atoms with Crippen LogP contribution in [0.2, 0.25) is 0 Å². The van der Waals surface area contributed by atoms with Gasteiger partial charge in [0, 0.05) is 37.1 Å². The minimum absolute atomic E-state index is 0.0709. The molecule has 20 heavy (non-hydrogen) atoms. The van der Waals surface area contributed by atoms with Crippen molar-refractivity contribution in [2.75, 3.05) is 32.7 Å². The van der Waals surface area contributed by atoms with Crippen LogP contribution in [0.15, 0.2) is 30.3 Å². The van der Waals surface area contributed by atoms with Gasteiger partial charge in [-0.15, -0.1) is 6.42 Å². The second-order valence-corrected chi connectivity index (χ2v) is 5.04. The number of piperazine rings is 1. The van der Waals surface area contributed by atoms with Gasteiger partial charge in [0.05, 0.1) is 6.54 Å². The molecule has 1 saturated heterocycles. The monoisotopic (exact) mass is 267 g/mol. The summed E-state index contributed by atoms with van der Waals surface area (Å²) in [6.45, 7) is 3.81. The number of H-pyrrole nitrogens is 1. The summed E-state index contributed by atoms with van der Waals surface area (Å²) < 4.78 is 0. The lowest BCUT2D eigenvalue weighted by Crippen LogP contribution is -2.48. The van der Waals surface area contributed by atoms with E-state index in [9.17, 15) is 4.79 Å². The fraction of sp³-hybridized carbons (Fsp3) is 0.312. The molecule has 1 fully saturated rings. The Bertz CT molecular complexity index is 627. The topological polar surface area (TPSA) is 39.3 Å². The summed E-state index contributed by atoms with van der Waals surface area (Å²) in [7, 11) is 0. The lowest BCUT2D eigenvalue weighted by atomic mass is 10.2. The predicted molar refractivity (Wildman–Crippen MR) is 79.5 cm³/mol. The fourth-order valence-electron chi connectivity index (χ4n) is 2.60. The molecule has 0 atom stereocenters. The third-order valence-electron chi connectivity index (χ3n) is 3.73. The number of hydrogen-bond acceptors (Lipinski definition) is 2. The molecule has 0 spiro atoms. The first-order chi connectivity index (χ1) is 9.78. The molecule has 2 heterocycles. The first-order valence-corrected chi connectivity index (χ1v) is 6.81. The van der Waals surface area contributed by atoms with Gasteiger partial charge in [-0.3, -0.25) is 9.69 Å². The molecule has 1 aromatic heterocycles. The van der Waals surface area contributed by atoms with Gasteiger partial charge in [0.25, 0.3) is 5.91 Å². The molecule has 0 aliphatic carbocycles. The van der Waals surface area contributed by atoms with Crippen molar-refractivity contribution < 1.29 is 4.79 Å². The van der Waals surface area contributed by atoms with Crippen LogP contribution in [0.1, 0.15) is 10.5 Å². The van der Waals surface area contributed by atoms with Crippen molar-refractivity contribution in [2.24, 2.45) is 0 Å². The Morgan fingerprint density at radius 1 is 1.25 bits per heavy atom. The molecule has 3 rings (SSSR count). The van der Waals surface area contributed by atoms with Crippen molar-refractivity contribution in [3.05, 3.63) is 36.0 Å². The molecule has 0 saturated carbocycles. The highest BCUT2D eigenvalue weighted by Crippen LogP contribution is 2.16. The standard InChI is InChI=1S/C16H17N3O/c1-2-7-18-8-10-19(11-9-18)16(20)15-12-13-5-3-4-6-14(13)17-15/h1,3-6,12,17H,7-11H2. The Balaban J connectivity index is 1.72.